The maximum atomic E-state index is 12.4. The summed E-state index contributed by atoms with van der Waals surface area (Å²) < 4.78 is 52.0. The number of sulfone groups is 1. The first-order valence-corrected chi connectivity index (χ1v) is 7.32. The third-order valence-corrected chi connectivity index (χ3v) is 3.91. The molecular weight excluding hydrogens is 292 g/mol. The summed E-state index contributed by atoms with van der Waals surface area (Å²) in [7, 11) is -2.99. The van der Waals surface area contributed by atoms with Crippen molar-refractivity contribution in [3.05, 3.63) is 24.3 Å². The summed E-state index contributed by atoms with van der Waals surface area (Å²) in [5, 5.41) is 0. The van der Waals surface area contributed by atoms with Gasteiger partial charge in [-0.3, -0.25) is 4.79 Å². The number of anilines is 1. The van der Waals surface area contributed by atoms with E-state index in [0.29, 0.717) is 5.69 Å². The fourth-order valence-electron chi connectivity index (χ4n) is 1.48. The predicted octanol–water partition coefficient (Wildman–Crippen LogP) is 1.68. The van der Waals surface area contributed by atoms with Crippen LogP contribution in [0.1, 0.15) is 6.92 Å². The molecule has 0 fully saturated rings. The van der Waals surface area contributed by atoms with Crippen molar-refractivity contribution in [2.24, 2.45) is 0 Å². The van der Waals surface area contributed by atoms with Gasteiger partial charge in [0.15, 0.2) is 0 Å². The Morgan fingerprint density at radius 2 is 1.85 bits per heavy atom. The molecule has 0 N–H and O–H groups in total. The van der Waals surface area contributed by atoms with E-state index in [1.54, 1.807) is 14.0 Å². The molecule has 0 radical (unpaired) electrons. The lowest BCUT2D eigenvalue weighted by Gasteiger charge is -2.18. The summed E-state index contributed by atoms with van der Waals surface area (Å²) >= 11 is 0. The minimum Gasteiger partial charge on any atom is -0.465 e. The van der Waals surface area contributed by atoms with Crippen LogP contribution in [0.15, 0.2) is 29.2 Å². The molecule has 0 aliphatic rings. The number of halogens is 2. The van der Waals surface area contributed by atoms with Crippen molar-refractivity contribution in [2.45, 2.75) is 17.6 Å². The number of hydrogen-bond acceptors (Lipinski definition) is 5. The van der Waals surface area contributed by atoms with Gasteiger partial charge in [-0.2, -0.15) is 8.78 Å². The molecule has 0 atom stereocenters. The Hall–Kier alpha value is -1.70. The maximum absolute atomic E-state index is 12.4. The van der Waals surface area contributed by atoms with Crippen LogP contribution in [0.2, 0.25) is 0 Å². The molecule has 5 nitrogen and oxygen atoms in total. The van der Waals surface area contributed by atoms with Gasteiger partial charge < -0.3 is 9.64 Å². The van der Waals surface area contributed by atoms with Gasteiger partial charge in [-0.1, -0.05) is 0 Å². The van der Waals surface area contributed by atoms with Crippen LogP contribution in [-0.2, 0) is 19.4 Å². The summed E-state index contributed by atoms with van der Waals surface area (Å²) in [6.07, 6.45) is 0. The fourth-order valence-corrected chi connectivity index (χ4v) is 2.21. The van der Waals surface area contributed by atoms with Crippen LogP contribution in [0.25, 0.3) is 0 Å². The number of hydrogen-bond donors (Lipinski definition) is 0. The normalized spacial score (nSPS) is 11.4. The van der Waals surface area contributed by atoms with Crippen LogP contribution in [0, 0.1) is 0 Å². The number of benzene rings is 1. The zero-order valence-electron chi connectivity index (χ0n) is 11.0. The van der Waals surface area contributed by atoms with E-state index in [4.69, 9.17) is 4.74 Å². The number of ether oxygens (including phenoxy) is 1. The molecular formula is C12H15F2NO4S. The van der Waals surface area contributed by atoms with Gasteiger partial charge in [0, 0.05) is 12.7 Å². The van der Waals surface area contributed by atoms with Gasteiger partial charge in [0.1, 0.15) is 6.54 Å². The minimum absolute atomic E-state index is 0.0191. The van der Waals surface area contributed by atoms with Crippen molar-refractivity contribution < 1.29 is 26.7 Å². The third kappa shape index (κ3) is 3.89. The second kappa shape index (κ2) is 6.65. The lowest BCUT2D eigenvalue weighted by atomic mass is 10.3. The zero-order chi connectivity index (χ0) is 15.3. The molecule has 0 aliphatic heterocycles. The van der Waals surface area contributed by atoms with Crippen LogP contribution >= 0.6 is 0 Å². The number of carbonyl (C=O) groups is 1. The number of nitrogens with zero attached hydrogens (tertiary/aromatic N) is 1. The van der Waals surface area contributed by atoms with Gasteiger partial charge >= 0.3 is 11.7 Å². The van der Waals surface area contributed by atoms with Crippen molar-refractivity contribution in [3.63, 3.8) is 0 Å². The summed E-state index contributed by atoms with van der Waals surface area (Å²) in [6, 6.07) is 4.87. The largest absolute Gasteiger partial charge is 0.465 e. The second-order valence-corrected chi connectivity index (χ2v) is 5.88. The lowest BCUT2D eigenvalue weighted by Crippen LogP contribution is -2.27. The number of alkyl halides is 2. The molecule has 0 heterocycles. The Morgan fingerprint density at radius 3 is 2.30 bits per heavy atom. The molecule has 0 aromatic heterocycles. The van der Waals surface area contributed by atoms with Crippen LogP contribution < -0.4 is 4.90 Å². The highest BCUT2D eigenvalue weighted by Gasteiger charge is 2.26. The summed E-state index contributed by atoms with van der Waals surface area (Å²) in [4.78, 5) is 12.4. The van der Waals surface area contributed by atoms with Crippen LogP contribution in [0.5, 0.6) is 0 Å². The summed E-state index contributed by atoms with van der Waals surface area (Å²) in [5.41, 5.74) is 0.520. The highest BCUT2D eigenvalue weighted by molar-refractivity contribution is 7.91. The fraction of sp³-hybridized carbons (Fsp3) is 0.417. The topological polar surface area (TPSA) is 63.7 Å². The Labute approximate surface area is 116 Å². The van der Waals surface area contributed by atoms with Gasteiger partial charge in [-0.15, -0.1) is 0 Å². The van der Waals surface area contributed by atoms with Crippen LogP contribution in [-0.4, -0.2) is 40.3 Å². The van der Waals surface area contributed by atoms with E-state index in [2.05, 4.69) is 0 Å². The molecule has 1 rings (SSSR count). The summed E-state index contributed by atoms with van der Waals surface area (Å²) in [6.45, 7) is 1.93. The first kappa shape index (κ1) is 16.4. The van der Waals surface area contributed by atoms with E-state index < -0.39 is 26.5 Å². The van der Waals surface area contributed by atoms with Crippen molar-refractivity contribution in [2.75, 3.05) is 25.1 Å². The van der Waals surface area contributed by atoms with E-state index in [1.165, 1.54) is 17.0 Å². The highest BCUT2D eigenvalue weighted by Crippen LogP contribution is 2.21. The number of likely N-dealkylation sites (N-methyl/N-ethyl adjacent to an activating group) is 1. The van der Waals surface area contributed by atoms with Crippen molar-refractivity contribution in [3.8, 4) is 0 Å². The maximum Gasteiger partial charge on any atom is 0.341 e. The molecule has 0 aliphatic carbocycles. The van der Waals surface area contributed by atoms with Gasteiger partial charge in [-0.05, 0) is 31.2 Å². The van der Waals surface area contributed by atoms with E-state index in [1.807, 2.05) is 0 Å². The smallest absolute Gasteiger partial charge is 0.341 e. The summed E-state index contributed by atoms with van der Waals surface area (Å²) in [5.74, 6) is -3.88. The van der Waals surface area contributed by atoms with Gasteiger partial charge in [-0.25, -0.2) is 8.42 Å². The van der Waals surface area contributed by atoms with E-state index in [9.17, 15) is 22.0 Å². The first-order chi connectivity index (χ1) is 9.28. The zero-order valence-corrected chi connectivity index (χ0v) is 11.9. The third-order valence-electron chi connectivity index (χ3n) is 2.51. The molecule has 0 saturated carbocycles. The number of esters is 1. The van der Waals surface area contributed by atoms with E-state index in [0.717, 1.165) is 12.1 Å². The first-order valence-electron chi connectivity index (χ1n) is 5.78. The van der Waals surface area contributed by atoms with Crippen molar-refractivity contribution in [1.82, 2.24) is 0 Å². The van der Waals surface area contributed by atoms with Crippen molar-refractivity contribution in [1.29, 1.82) is 0 Å². The molecule has 20 heavy (non-hydrogen) atoms. The van der Waals surface area contributed by atoms with Crippen LogP contribution in [0.4, 0.5) is 14.5 Å². The lowest BCUT2D eigenvalue weighted by molar-refractivity contribution is -0.141. The highest BCUT2D eigenvalue weighted by atomic mass is 32.2. The van der Waals surface area contributed by atoms with Crippen LogP contribution in [0.3, 0.4) is 0 Å². The number of carbonyl (C=O) groups excluding carboxylic acids is 1. The molecule has 112 valence electrons. The molecule has 0 amide bonds. The molecule has 1 aromatic rings. The minimum atomic E-state index is -4.59. The molecule has 8 heteroatoms. The van der Waals surface area contributed by atoms with Gasteiger partial charge in [0.2, 0.25) is 9.84 Å². The standard InChI is InChI=1S/C12H15F2NO4S/c1-3-19-11(16)8-15(2)9-4-6-10(7-5-9)20(17,18)12(13)14/h4-7,12H,3,8H2,1-2H3. The Balaban J connectivity index is 2.84. The monoisotopic (exact) mass is 307 g/mol. The average molecular weight is 307 g/mol. The molecule has 0 unspecified atom stereocenters. The van der Waals surface area contributed by atoms with Gasteiger partial charge in [0.25, 0.3) is 0 Å². The predicted molar refractivity (Wildman–Crippen MR) is 69.5 cm³/mol. The molecule has 0 spiro atoms. The van der Waals surface area contributed by atoms with Gasteiger partial charge in [0.05, 0.1) is 11.5 Å². The second-order valence-electron chi connectivity index (χ2n) is 3.96. The quantitative estimate of drug-likeness (QED) is 0.748. The average Bonchev–Trinajstić information content (AvgIpc) is 2.38. The molecule has 0 bridgehead atoms. The Morgan fingerprint density at radius 1 is 1.30 bits per heavy atom. The SMILES string of the molecule is CCOC(=O)CN(C)c1ccc(S(=O)(=O)C(F)F)cc1. The Kier molecular flexibility index (Phi) is 5.43. The Bertz CT molecular complexity index is 557. The molecule has 1 aromatic carbocycles. The number of rotatable bonds is 6. The van der Waals surface area contributed by atoms with Crippen molar-refractivity contribution >= 4 is 21.5 Å². The molecule has 0 saturated heterocycles. The van der Waals surface area contributed by atoms with E-state index >= 15 is 0 Å². The van der Waals surface area contributed by atoms with E-state index in [-0.39, 0.29) is 13.2 Å².